The molecule has 1 aliphatic rings. The molecule has 4 nitrogen and oxygen atoms in total. The van der Waals surface area contributed by atoms with Crippen LogP contribution >= 0.6 is 0 Å². The number of hydrazine groups is 1. The van der Waals surface area contributed by atoms with E-state index in [1.807, 2.05) is 12.4 Å². The van der Waals surface area contributed by atoms with Crippen LogP contribution in [0.5, 0.6) is 0 Å². The van der Waals surface area contributed by atoms with E-state index in [0.29, 0.717) is 0 Å². The van der Waals surface area contributed by atoms with Gasteiger partial charge in [-0.15, -0.1) is 0 Å². The molecular weight excluding hydrogens is 164 g/mol. The maximum atomic E-state index is 3.90. The Labute approximate surface area is 78.3 Å². The van der Waals surface area contributed by atoms with Crippen LogP contribution in [0.25, 0.3) is 0 Å². The first-order valence-corrected chi connectivity index (χ1v) is 4.91. The van der Waals surface area contributed by atoms with Crippen LogP contribution in [0.4, 0.5) is 0 Å². The average molecular weight is 180 g/mol. The van der Waals surface area contributed by atoms with Gasteiger partial charge >= 0.3 is 0 Å². The van der Waals surface area contributed by atoms with Gasteiger partial charge in [0.25, 0.3) is 0 Å². The molecule has 1 aliphatic heterocycles. The van der Waals surface area contributed by atoms with Gasteiger partial charge in [0.15, 0.2) is 0 Å². The van der Waals surface area contributed by atoms with Crippen LogP contribution in [0.1, 0.15) is 24.8 Å². The van der Waals surface area contributed by atoms with Gasteiger partial charge in [-0.25, -0.2) is 5.01 Å². The lowest BCUT2D eigenvalue weighted by Crippen LogP contribution is -2.41. The van der Waals surface area contributed by atoms with E-state index in [1.54, 1.807) is 0 Å². The molecule has 0 aliphatic carbocycles. The number of aromatic nitrogens is 2. The van der Waals surface area contributed by atoms with Gasteiger partial charge in [0, 0.05) is 31.4 Å². The fourth-order valence-corrected chi connectivity index (χ4v) is 1.63. The number of nitrogens with zero attached hydrogens (tertiary/aromatic N) is 2. The summed E-state index contributed by atoms with van der Waals surface area (Å²) in [6, 6.07) is 0. The fraction of sp³-hybridized carbons (Fsp3) is 0.667. The maximum absolute atomic E-state index is 3.90. The molecule has 1 fully saturated rings. The molecule has 0 atom stereocenters. The van der Waals surface area contributed by atoms with Gasteiger partial charge in [-0.05, 0) is 12.8 Å². The van der Waals surface area contributed by atoms with E-state index in [2.05, 4.69) is 20.6 Å². The van der Waals surface area contributed by atoms with Crippen LogP contribution in [-0.2, 0) is 6.54 Å². The minimum absolute atomic E-state index is 0.885. The Hall–Kier alpha value is -0.870. The molecule has 0 spiro atoms. The predicted octanol–water partition coefficient (Wildman–Crippen LogP) is 0.900. The number of hydrogen-bond acceptors (Lipinski definition) is 3. The Balaban J connectivity index is 1.72. The summed E-state index contributed by atoms with van der Waals surface area (Å²) >= 11 is 0. The highest BCUT2D eigenvalue weighted by Crippen LogP contribution is 2.06. The zero-order chi connectivity index (χ0) is 8.93. The van der Waals surface area contributed by atoms with Crippen molar-refractivity contribution < 1.29 is 0 Å². The third kappa shape index (κ3) is 2.54. The van der Waals surface area contributed by atoms with E-state index in [1.165, 1.54) is 37.9 Å². The summed E-state index contributed by atoms with van der Waals surface area (Å²) in [6.07, 6.45) is 7.80. The molecule has 2 N–H and O–H groups in total. The van der Waals surface area contributed by atoms with E-state index in [0.717, 1.165) is 6.54 Å². The second-order valence-electron chi connectivity index (χ2n) is 3.49. The molecule has 0 unspecified atom stereocenters. The van der Waals surface area contributed by atoms with Crippen molar-refractivity contribution in [2.45, 2.75) is 25.8 Å². The van der Waals surface area contributed by atoms with Crippen molar-refractivity contribution in [1.82, 2.24) is 20.6 Å². The van der Waals surface area contributed by atoms with Gasteiger partial charge in [-0.1, -0.05) is 6.42 Å². The van der Waals surface area contributed by atoms with E-state index in [9.17, 15) is 0 Å². The summed E-state index contributed by atoms with van der Waals surface area (Å²) < 4.78 is 0. The van der Waals surface area contributed by atoms with Crippen LogP contribution in [0.2, 0.25) is 0 Å². The second-order valence-corrected chi connectivity index (χ2v) is 3.49. The van der Waals surface area contributed by atoms with E-state index in [-0.39, 0.29) is 0 Å². The lowest BCUT2D eigenvalue weighted by atomic mass is 10.2. The van der Waals surface area contributed by atoms with Crippen molar-refractivity contribution in [3.8, 4) is 0 Å². The van der Waals surface area contributed by atoms with E-state index in [4.69, 9.17) is 0 Å². The molecule has 0 radical (unpaired) electrons. The third-order valence-corrected chi connectivity index (χ3v) is 2.42. The van der Waals surface area contributed by atoms with Crippen molar-refractivity contribution >= 4 is 0 Å². The quantitative estimate of drug-likeness (QED) is 0.726. The van der Waals surface area contributed by atoms with E-state index < -0.39 is 0 Å². The number of hydrogen-bond donors (Lipinski definition) is 2. The molecule has 2 heterocycles. The first kappa shape index (κ1) is 8.72. The van der Waals surface area contributed by atoms with Gasteiger partial charge in [0.2, 0.25) is 0 Å². The topological polar surface area (TPSA) is 44.0 Å². The Morgan fingerprint density at radius 2 is 2.23 bits per heavy atom. The molecular formula is C9H16N4. The molecule has 1 aromatic heterocycles. The minimum atomic E-state index is 0.885. The lowest BCUT2D eigenvalue weighted by molar-refractivity contribution is 0.151. The molecule has 1 aromatic rings. The lowest BCUT2D eigenvalue weighted by Gasteiger charge is -2.26. The third-order valence-electron chi connectivity index (χ3n) is 2.42. The summed E-state index contributed by atoms with van der Waals surface area (Å²) in [5.74, 6) is 0. The summed E-state index contributed by atoms with van der Waals surface area (Å²) in [7, 11) is 0. The highest BCUT2D eigenvalue weighted by Gasteiger charge is 2.08. The first-order chi connectivity index (χ1) is 6.45. The maximum Gasteiger partial charge on any atom is 0.0532 e. The molecule has 4 heteroatoms. The van der Waals surface area contributed by atoms with Crippen molar-refractivity contribution in [1.29, 1.82) is 0 Å². The summed E-state index contributed by atoms with van der Waals surface area (Å²) in [5, 5.41) is 9.01. The van der Waals surface area contributed by atoms with Gasteiger partial charge in [-0.3, -0.25) is 10.5 Å². The number of piperidine rings is 1. The highest BCUT2D eigenvalue weighted by molar-refractivity contribution is 5.01. The molecule has 72 valence electrons. The van der Waals surface area contributed by atoms with Crippen LogP contribution in [0, 0.1) is 0 Å². The number of rotatable bonds is 3. The number of nitrogens with one attached hydrogen (secondary N) is 2. The Bertz CT molecular complexity index is 226. The van der Waals surface area contributed by atoms with Crippen molar-refractivity contribution in [3.63, 3.8) is 0 Å². The molecule has 0 bridgehead atoms. The molecule has 0 amide bonds. The van der Waals surface area contributed by atoms with Gasteiger partial charge in [-0.2, -0.15) is 5.10 Å². The highest BCUT2D eigenvalue weighted by atomic mass is 15.5. The zero-order valence-corrected chi connectivity index (χ0v) is 7.79. The van der Waals surface area contributed by atoms with E-state index >= 15 is 0 Å². The van der Waals surface area contributed by atoms with Crippen LogP contribution < -0.4 is 5.43 Å². The summed E-state index contributed by atoms with van der Waals surface area (Å²) in [4.78, 5) is 0. The standard InChI is InChI=1S/C9H16N4/c1-2-4-13(5-3-1)12-8-9-6-10-11-7-9/h6-7,12H,1-5,8H2,(H,10,11). The van der Waals surface area contributed by atoms with Gasteiger partial charge in [0.05, 0.1) is 6.20 Å². The molecule has 13 heavy (non-hydrogen) atoms. The average Bonchev–Trinajstić information content (AvgIpc) is 2.69. The Morgan fingerprint density at radius 3 is 2.92 bits per heavy atom. The molecule has 0 aromatic carbocycles. The fourth-order valence-electron chi connectivity index (χ4n) is 1.63. The normalized spacial score (nSPS) is 19.1. The monoisotopic (exact) mass is 180 g/mol. The van der Waals surface area contributed by atoms with Crippen molar-refractivity contribution in [3.05, 3.63) is 18.0 Å². The number of H-pyrrole nitrogens is 1. The van der Waals surface area contributed by atoms with Gasteiger partial charge < -0.3 is 0 Å². The smallest absolute Gasteiger partial charge is 0.0532 e. The van der Waals surface area contributed by atoms with Crippen LogP contribution in [0.3, 0.4) is 0 Å². The molecule has 1 saturated heterocycles. The SMILES string of the molecule is c1n[nH]cc1CNN1CCCCC1. The number of aromatic amines is 1. The zero-order valence-electron chi connectivity index (χ0n) is 7.79. The van der Waals surface area contributed by atoms with Crippen LogP contribution in [-0.4, -0.2) is 28.3 Å². The second kappa shape index (κ2) is 4.39. The molecule has 0 saturated carbocycles. The molecule has 2 rings (SSSR count). The minimum Gasteiger partial charge on any atom is -0.285 e. The van der Waals surface area contributed by atoms with Gasteiger partial charge in [0.1, 0.15) is 0 Å². The first-order valence-electron chi connectivity index (χ1n) is 4.91. The van der Waals surface area contributed by atoms with Crippen LogP contribution in [0.15, 0.2) is 12.4 Å². The Morgan fingerprint density at radius 1 is 1.38 bits per heavy atom. The summed E-state index contributed by atoms with van der Waals surface area (Å²) in [6.45, 7) is 3.24. The Kier molecular flexibility index (Phi) is 2.94. The van der Waals surface area contributed by atoms with Crippen molar-refractivity contribution in [2.75, 3.05) is 13.1 Å². The van der Waals surface area contributed by atoms with Crippen molar-refractivity contribution in [2.24, 2.45) is 0 Å². The largest absolute Gasteiger partial charge is 0.285 e. The summed E-state index contributed by atoms with van der Waals surface area (Å²) in [5.41, 5.74) is 4.61. The predicted molar refractivity (Wildman–Crippen MR) is 50.9 cm³/mol.